The molecule has 37 heavy (non-hydrogen) atoms. The number of ether oxygens (including phenoxy) is 3. The number of rotatable bonds is 9. The number of carbonyl (C=O) groups is 2. The highest BCUT2D eigenvalue weighted by molar-refractivity contribution is 7.89. The summed E-state index contributed by atoms with van der Waals surface area (Å²) in [5, 5.41) is 4.28. The van der Waals surface area contributed by atoms with E-state index in [0.717, 1.165) is 5.56 Å². The highest BCUT2D eigenvalue weighted by Gasteiger charge is 2.29. The van der Waals surface area contributed by atoms with E-state index in [1.807, 2.05) is 0 Å². The molecule has 0 aliphatic carbocycles. The molecule has 0 saturated carbocycles. The first-order chi connectivity index (χ1) is 17.7. The van der Waals surface area contributed by atoms with Crippen LogP contribution in [-0.4, -0.2) is 40.7 Å². The minimum absolute atomic E-state index is 0.107. The molecule has 3 aromatic carbocycles. The van der Waals surface area contributed by atoms with Crippen LogP contribution in [0, 0.1) is 0 Å². The van der Waals surface area contributed by atoms with Crippen LogP contribution in [0.5, 0.6) is 11.5 Å². The summed E-state index contributed by atoms with van der Waals surface area (Å²) in [7, 11) is -2.74. The number of amides is 1. The minimum atomic E-state index is -4.10. The van der Waals surface area contributed by atoms with Gasteiger partial charge in [0.25, 0.3) is 15.9 Å². The van der Waals surface area contributed by atoms with Crippen LogP contribution in [0.2, 0.25) is 5.02 Å². The number of nitrogens with zero attached hydrogens (tertiary/aromatic N) is 1. The number of nitrogens with one attached hydrogen (secondary N) is 2. The first-order valence-corrected chi connectivity index (χ1v) is 13.0. The summed E-state index contributed by atoms with van der Waals surface area (Å²) in [5.74, 6) is -0.208. The third-order valence-electron chi connectivity index (χ3n) is 5.37. The molecule has 3 aromatic rings. The Morgan fingerprint density at radius 2 is 1.84 bits per heavy atom. The van der Waals surface area contributed by atoms with E-state index < -0.39 is 15.9 Å². The zero-order valence-corrected chi connectivity index (χ0v) is 21.6. The second kappa shape index (κ2) is 11.1. The Hall–Kier alpha value is -3.80. The average molecular weight is 546 g/mol. The third-order valence-corrected chi connectivity index (χ3v) is 6.97. The van der Waals surface area contributed by atoms with Gasteiger partial charge < -0.3 is 19.5 Å². The van der Waals surface area contributed by atoms with Gasteiger partial charge in [0.15, 0.2) is 6.73 Å². The van der Waals surface area contributed by atoms with E-state index in [9.17, 15) is 18.0 Å². The van der Waals surface area contributed by atoms with Gasteiger partial charge in [0, 0.05) is 16.3 Å². The van der Waals surface area contributed by atoms with Gasteiger partial charge in [-0.15, -0.1) is 4.83 Å². The fraction of sp³-hybridized carbons (Fsp3) is 0.200. The molecule has 0 atom stereocenters. The molecule has 0 saturated heterocycles. The number of hydrogen-bond donors (Lipinski definition) is 2. The Labute approximate surface area is 219 Å². The number of benzene rings is 3. The van der Waals surface area contributed by atoms with Crippen molar-refractivity contribution in [1.82, 2.24) is 4.83 Å². The lowest BCUT2D eigenvalue weighted by atomic mass is 10.1. The van der Waals surface area contributed by atoms with Crippen molar-refractivity contribution < 1.29 is 32.2 Å². The van der Waals surface area contributed by atoms with Crippen molar-refractivity contribution in [2.45, 2.75) is 18.2 Å². The maximum absolute atomic E-state index is 13.1. The highest BCUT2D eigenvalue weighted by atomic mass is 35.5. The number of fused-ring (bicyclic) bond motifs is 1. The Morgan fingerprint density at radius 3 is 2.54 bits per heavy atom. The van der Waals surface area contributed by atoms with Crippen molar-refractivity contribution in [3.05, 3.63) is 76.8 Å². The smallest absolute Gasteiger partial charge is 0.310 e. The molecule has 0 fully saturated rings. The molecule has 1 aliphatic heterocycles. The number of esters is 1. The fourth-order valence-electron chi connectivity index (χ4n) is 3.61. The topological polar surface area (TPSA) is 123 Å². The minimum Gasteiger partial charge on any atom is -0.495 e. The first kappa shape index (κ1) is 26.3. The molecule has 0 spiro atoms. The molecular formula is C25H24ClN3O7S. The van der Waals surface area contributed by atoms with E-state index in [-0.39, 0.29) is 40.4 Å². The van der Waals surface area contributed by atoms with E-state index in [1.54, 1.807) is 43.3 Å². The molecule has 12 heteroatoms. The molecule has 0 aromatic heterocycles. The van der Waals surface area contributed by atoms with Crippen molar-refractivity contribution in [2.24, 2.45) is 0 Å². The number of halogens is 1. The molecule has 194 valence electrons. The molecule has 1 heterocycles. The second-order valence-electron chi connectivity index (χ2n) is 7.91. The van der Waals surface area contributed by atoms with Gasteiger partial charge in [-0.25, -0.2) is 8.42 Å². The summed E-state index contributed by atoms with van der Waals surface area (Å²) in [6.07, 6.45) is 0.139. The predicted molar refractivity (Wildman–Crippen MR) is 137 cm³/mol. The first-order valence-electron chi connectivity index (χ1n) is 11.2. The number of methoxy groups -OCH3 is 1. The van der Waals surface area contributed by atoms with Gasteiger partial charge in [-0.1, -0.05) is 23.7 Å². The van der Waals surface area contributed by atoms with E-state index in [4.69, 9.17) is 25.8 Å². The lowest BCUT2D eigenvalue weighted by Gasteiger charge is -2.19. The number of hydrogen-bond acceptors (Lipinski definition) is 8. The second-order valence-corrected chi connectivity index (χ2v) is 9.97. The molecule has 0 unspecified atom stereocenters. The van der Waals surface area contributed by atoms with Crippen molar-refractivity contribution in [3.63, 3.8) is 0 Å². The monoisotopic (exact) mass is 545 g/mol. The van der Waals surface area contributed by atoms with Crippen molar-refractivity contribution in [1.29, 1.82) is 0 Å². The van der Waals surface area contributed by atoms with Crippen LogP contribution in [0.1, 0.15) is 22.8 Å². The lowest BCUT2D eigenvalue weighted by molar-refractivity contribution is -0.142. The van der Waals surface area contributed by atoms with Crippen molar-refractivity contribution in [2.75, 3.05) is 30.8 Å². The zero-order valence-electron chi connectivity index (χ0n) is 20.0. The van der Waals surface area contributed by atoms with Gasteiger partial charge in [-0.2, -0.15) is 0 Å². The summed E-state index contributed by atoms with van der Waals surface area (Å²) in [5.41, 5.74) is 1.93. The van der Waals surface area contributed by atoms with E-state index in [1.165, 1.54) is 36.4 Å². The molecule has 0 bridgehead atoms. The van der Waals surface area contributed by atoms with Crippen LogP contribution in [0.4, 0.5) is 11.4 Å². The Morgan fingerprint density at radius 1 is 1.08 bits per heavy atom. The summed E-state index contributed by atoms with van der Waals surface area (Å²) in [6, 6.07) is 15.7. The number of anilines is 2. The van der Waals surface area contributed by atoms with Gasteiger partial charge in [0.2, 0.25) is 0 Å². The van der Waals surface area contributed by atoms with Gasteiger partial charge in [0.1, 0.15) is 16.4 Å². The SMILES string of the molecule is CCOC(=O)Cc1ccc(NC(=O)c2ccc3c(c2)N(NS(=O)(=O)c2cc(Cl)ccc2OC)CO3)cc1. The van der Waals surface area contributed by atoms with E-state index in [0.29, 0.717) is 23.7 Å². The number of carbonyl (C=O) groups excluding carboxylic acids is 2. The van der Waals surface area contributed by atoms with Crippen LogP contribution >= 0.6 is 11.6 Å². The van der Waals surface area contributed by atoms with Crippen LogP contribution in [0.15, 0.2) is 65.6 Å². The summed E-state index contributed by atoms with van der Waals surface area (Å²) >= 11 is 5.99. The van der Waals surface area contributed by atoms with E-state index in [2.05, 4.69) is 10.1 Å². The molecule has 0 radical (unpaired) electrons. The lowest BCUT2D eigenvalue weighted by Crippen LogP contribution is -2.41. The molecule has 2 N–H and O–H groups in total. The molecule has 10 nitrogen and oxygen atoms in total. The van der Waals surface area contributed by atoms with Gasteiger partial charge >= 0.3 is 5.97 Å². The maximum atomic E-state index is 13.1. The zero-order chi connectivity index (χ0) is 26.6. The molecule has 4 rings (SSSR count). The van der Waals surface area contributed by atoms with Crippen LogP contribution < -0.4 is 24.6 Å². The van der Waals surface area contributed by atoms with Gasteiger partial charge in [0.05, 0.1) is 25.8 Å². The number of hydrazine groups is 1. The Bertz CT molecular complexity index is 1430. The van der Waals surface area contributed by atoms with Crippen molar-refractivity contribution in [3.8, 4) is 11.5 Å². The van der Waals surface area contributed by atoms with Gasteiger partial charge in [-0.05, 0) is 61.0 Å². The fourth-order valence-corrected chi connectivity index (χ4v) is 5.09. The normalized spacial score (nSPS) is 12.5. The molecule has 1 aliphatic rings. The van der Waals surface area contributed by atoms with Crippen LogP contribution in [0.25, 0.3) is 0 Å². The predicted octanol–water partition coefficient (Wildman–Crippen LogP) is 3.76. The van der Waals surface area contributed by atoms with Crippen molar-refractivity contribution >= 4 is 44.9 Å². The summed E-state index contributed by atoms with van der Waals surface area (Å²) < 4.78 is 41.8. The largest absolute Gasteiger partial charge is 0.495 e. The molecule has 1 amide bonds. The Kier molecular flexibility index (Phi) is 7.86. The summed E-state index contributed by atoms with van der Waals surface area (Å²) in [6.45, 7) is 1.95. The van der Waals surface area contributed by atoms with E-state index >= 15 is 0 Å². The van der Waals surface area contributed by atoms with Gasteiger partial charge in [-0.3, -0.25) is 14.6 Å². The molecular weight excluding hydrogens is 522 g/mol. The Balaban J connectivity index is 1.48. The number of sulfonamides is 1. The van der Waals surface area contributed by atoms with Crippen LogP contribution in [-0.2, 0) is 26.0 Å². The quantitative estimate of drug-likeness (QED) is 0.390. The average Bonchev–Trinajstić information content (AvgIpc) is 3.26. The standard InChI is InChI=1S/C25H24ClN3O7S/c1-3-35-24(30)12-16-4-8-19(9-5-16)27-25(31)17-6-10-21-20(13-17)29(15-36-21)28-37(32,33)23-14-18(26)7-11-22(23)34-2/h4-11,13-14,28H,3,12,15H2,1-2H3,(H,27,31). The summed E-state index contributed by atoms with van der Waals surface area (Å²) in [4.78, 5) is 26.8. The highest BCUT2D eigenvalue weighted by Crippen LogP contribution is 2.35. The van der Waals surface area contributed by atoms with Crippen LogP contribution in [0.3, 0.4) is 0 Å². The maximum Gasteiger partial charge on any atom is 0.310 e. The third kappa shape index (κ3) is 6.13.